The predicted octanol–water partition coefficient (Wildman–Crippen LogP) is 2.88. The highest BCUT2D eigenvalue weighted by molar-refractivity contribution is 5.49. The molecule has 0 radical (unpaired) electrons. The minimum atomic E-state index is -0.427. The summed E-state index contributed by atoms with van der Waals surface area (Å²) in [5, 5.41) is 28.7. The van der Waals surface area contributed by atoms with E-state index < -0.39 is 4.92 Å². The first-order chi connectivity index (χ1) is 10.5. The van der Waals surface area contributed by atoms with E-state index in [1.165, 1.54) is 12.1 Å². The van der Waals surface area contributed by atoms with E-state index in [2.05, 4.69) is 24.2 Å². The van der Waals surface area contributed by atoms with E-state index in [9.17, 15) is 15.2 Å². The summed E-state index contributed by atoms with van der Waals surface area (Å²) < 4.78 is 1.63. The summed E-state index contributed by atoms with van der Waals surface area (Å²) in [4.78, 5) is 10.6. The Kier molecular flexibility index (Phi) is 4.87. The van der Waals surface area contributed by atoms with Gasteiger partial charge in [0, 0.05) is 18.1 Å². The Morgan fingerprint density at radius 3 is 2.59 bits per heavy atom. The highest BCUT2D eigenvalue weighted by atomic mass is 16.6. The molecule has 0 aliphatic rings. The van der Waals surface area contributed by atoms with Crippen LogP contribution < -0.4 is 0 Å². The minimum Gasteiger partial charge on any atom is -0.390 e. The molecule has 0 fully saturated rings. The second-order valence-electron chi connectivity index (χ2n) is 5.23. The lowest BCUT2D eigenvalue weighted by atomic mass is 9.97. The zero-order valence-corrected chi connectivity index (χ0v) is 13.0. The first-order valence-corrected chi connectivity index (χ1v) is 7.34. The summed E-state index contributed by atoms with van der Waals surface area (Å²) in [5.74, 6) is 0.191. The van der Waals surface area contributed by atoms with Crippen LogP contribution in [0.25, 0.3) is 5.69 Å². The van der Waals surface area contributed by atoms with Crippen molar-refractivity contribution in [1.82, 2.24) is 15.0 Å². The summed E-state index contributed by atoms with van der Waals surface area (Å²) >= 11 is 0. The van der Waals surface area contributed by atoms with E-state index in [0.717, 1.165) is 24.1 Å². The van der Waals surface area contributed by atoms with Gasteiger partial charge in [-0.15, -0.1) is 5.10 Å². The van der Waals surface area contributed by atoms with E-state index in [-0.39, 0.29) is 18.2 Å². The maximum atomic E-state index is 11.0. The van der Waals surface area contributed by atoms with Gasteiger partial charge in [0.25, 0.3) is 5.69 Å². The fraction of sp³-hybridized carbons (Fsp3) is 0.467. The Balaban J connectivity index is 2.65. The van der Waals surface area contributed by atoms with Crippen LogP contribution in [0.2, 0.25) is 0 Å². The second kappa shape index (κ2) is 6.65. The average Bonchev–Trinajstić information content (AvgIpc) is 2.92. The number of hydrogen-bond donors (Lipinski definition) is 1. The molecule has 22 heavy (non-hydrogen) atoms. The summed E-state index contributed by atoms with van der Waals surface area (Å²) in [6.07, 6.45) is 1.76. The second-order valence-corrected chi connectivity index (χ2v) is 5.23. The Morgan fingerprint density at radius 2 is 2.05 bits per heavy atom. The van der Waals surface area contributed by atoms with Crippen molar-refractivity contribution in [1.29, 1.82) is 0 Å². The molecule has 7 nitrogen and oxygen atoms in total. The van der Waals surface area contributed by atoms with Gasteiger partial charge in [-0.05, 0) is 25.3 Å². The third-order valence-corrected chi connectivity index (χ3v) is 3.93. The van der Waals surface area contributed by atoms with Crippen molar-refractivity contribution in [2.75, 3.05) is 0 Å². The lowest BCUT2D eigenvalue weighted by Gasteiger charge is -2.16. The van der Waals surface area contributed by atoms with Crippen LogP contribution >= 0.6 is 0 Å². The SMILES string of the molecule is CCC(CC)c1c(CO)nnn1-c1cc([N+](=O)[O-])ccc1C. The number of aliphatic hydroxyl groups is 1. The molecule has 0 spiro atoms. The van der Waals surface area contributed by atoms with Crippen LogP contribution in [-0.2, 0) is 6.61 Å². The number of hydrogen-bond acceptors (Lipinski definition) is 5. The Labute approximate surface area is 128 Å². The van der Waals surface area contributed by atoms with Crippen LogP contribution in [0, 0.1) is 17.0 Å². The topological polar surface area (TPSA) is 94.1 Å². The molecule has 0 bridgehead atoms. The number of aryl methyl sites for hydroxylation is 1. The minimum absolute atomic E-state index is 0.0112. The molecule has 1 N–H and O–H groups in total. The van der Waals surface area contributed by atoms with Gasteiger partial charge in [0.2, 0.25) is 0 Å². The van der Waals surface area contributed by atoms with Gasteiger partial charge in [-0.3, -0.25) is 10.1 Å². The molecule has 0 saturated carbocycles. The van der Waals surface area contributed by atoms with Crippen LogP contribution in [0.3, 0.4) is 0 Å². The molecule has 0 saturated heterocycles. The molecule has 7 heteroatoms. The highest BCUT2D eigenvalue weighted by Crippen LogP contribution is 2.29. The van der Waals surface area contributed by atoms with E-state index >= 15 is 0 Å². The van der Waals surface area contributed by atoms with Gasteiger partial charge < -0.3 is 5.11 Å². The fourth-order valence-corrected chi connectivity index (χ4v) is 2.63. The van der Waals surface area contributed by atoms with E-state index in [1.807, 2.05) is 6.92 Å². The zero-order valence-electron chi connectivity index (χ0n) is 13.0. The van der Waals surface area contributed by atoms with Crippen molar-refractivity contribution < 1.29 is 10.0 Å². The maximum absolute atomic E-state index is 11.0. The number of aliphatic hydroxyl groups excluding tert-OH is 1. The quantitative estimate of drug-likeness (QED) is 0.654. The van der Waals surface area contributed by atoms with Crippen molar-refractivity contribution in [3.8, 4) is 5.69 Å². The summed E-state index contributed by atoms with van der Waals surface area (Å²) in [7, 11) is 0. The Morgan fingerprint density at radius 1 is 1.36 bits per heavy atom. The fourth-order valence-electron chi connectivity index (χ4n) is 2.63. The molecule has 118 valence electrons. The Bertz CT molecular complexity index is 677. The number of rotatable bonds is 6. The number of aromatic nitrogens is 3. The molecular weight excluding hydrogens is 284 g/mol. The number of nitro groups is 1. The molecular formula is C15H20N4O3. The van der Waals surface area contributed by atoms with Crippen molar-refractivity contribution in [3.05, 3.63) is 45.3 Å². The lowest BCUT2D eigenvalue weighted by Crippen LogP contribution is -2.10. The summed E-state index contributed by atoms with van der Waals surface area (Å²) in [6.45, 7) is 5.80. The number of nitrogens with zero attached hydrogens (tertiary/aromatic N) is 4. The van der Waals surface area contributed by atoms with Crippen LogP contribution in [0.4, 0.5) is 5.69 Å². The van der Waals surface area contributed by atoms with Crippen molar-refractivity contribution in [2.24, 2.45) is 0 Å². The van der Waals surface area contributed by atoms with Crippen LogP contribution in [0.5, 0.6) is 0 Å². The van der Waals surface area contributed by atoms with Gasteiger partial charge in [0.15, 0.2) is 0 Å². The molecule has 2 aromatic rings. The monoisotopic (exact) mass is 304 g/mol. The van der Waals surface area contributed by atoms with Crippen LogP contribution in [0.1, 0.15) is 49.6 Å². The van der Waals surface area contributed by atoms with Gasteiger partial charge in [0.05, 0.1) is 22.9 Å². The van der Waals surface area contributed by atoms with Crippen LogP contribution in [-0.4, -0.2) is 25.0 Å². The van der Waals surface area contributed by atoms with Crippen molar-refractivity contribution >= 4 is 5.69 Å². The smallest absolute Gasteiger partial charge is 0.271 e. The molecule has 0 amide bonds. The molecule has 0 aliphatic heterocycles. The highest BCUT2D eigenvalue weighted by Gasteiger charge is 2.22. The van der Waals surface area contributed by atoms with E-state index in [0.29, 0.717) is 11.4 Å². The van der Waals surface area contributed by atoms with E-state index in [4.69, 9.17) is 0 Å². The largest absolute Gasteiger partial charge is 0.390 e. The first kappa shape index (κ1) is 16.1. The molecule has 0 unspecified atom stereocenters. The number of benzene rings is 1. The molecule has 0 aliphatic carbocycles. The average molecular weight is 304 g/mol. The number of non-ortho nitro benzene ring substituents is 1. The summed E-state index contributed by atoms with van der Waals surface area (Å²) in [6, 6.07) is 4.67. The van der Waals surface area contributed by atoms with Gasteiger partial charge in [-0.25, -0.2) is 4.68 Å². The Hall–Kier alpha value is -2.28. The standard InChI is InChI=1S/C15H20N4O3/c1-4-11(5-2)15-13(9-20)16-17-18(15)14-8-12(19(21)22)7-6-10(14)3/h6-8,11,20H,4-5,9H2,1-3H3. The van der Waals surface area contributed by atoms with Crippen molar-refractivity contribution in [3.63, 3.8) is 0 Å². The van der Waals surface area contributed by atoms with Gasteiger partial charge >= 0.3 is 0 Å². The lowest BCUT2D eigenvalue weighted by molar-refractivity contribution is -0.384. The molecule has 1 heterocycles. The molecule has 0 atom stereocenters. The molecule has 1 aromatic carbocycles. The number of nitro benzene ring substituents is 1. The predicted molar refractivity (Wildman–Crippen MR) is 82.0 cm³/mol. The van der Waals surface area contributed by atoms with Gasteiger partial charge in [0.1, 0.15) is 5.69 Å². The molecule has 2 rings (SSSR count). The third-order valence-electron chi connectivity index (χ3n) is 3.93. The zero-order chi connectivity index (χ0) is 16.3. The van der Waals surface area contributed by atoms with Crippen molar-refractivity contribution in [2.45, 2.75) is 46.1 Å². The van der Waals surface area contributed by atoms with Gasteiger partial charge in [-0.1, -0.05) is 25.1 Å². The van der Waals surface area contributed by atoms with Gasteiger partial charge in [-0.2, -0.15) is 0 Å². The molecule has 1 aromatic heterocycles. The third kappa shape index (κ3) is 2.85. The first-order valence-electron chi connectivity index (χ1n) is 7.34. The summed E-state index contributed by atoms with van der Waals surface area (Å²) in [5.41, 5.74) is 2.86. The normalized spacial score (nSPS) is 11.1. The van der Waals surface area contributed by atoms with E-state index in [1.54, 1.807) is 10.7 Å². The van der Waals surface area contributed by atoms with Crippen LogP contribution in [0.15, 0.2) is 18.2 Å². The maximum Gasteiger partial charge on any atom is 0.271 e.